The Kier molecular flexibility index (Phi) is 2.24. The van der Waals surface area contributed by atoms with Crippen molar-refractivity contribution in [2.24, 2.45) is 5.92 Å². The fourth-order valence-electron chi connectivity index (χ4n) is 2.17. The minimum Gasteiger partial charge on any atom is -0.344 e. The second-order valence-electron chi connectivity index (χ2n) is 5.77. The Morgan fingerprint density at radius 1 is 1.35 bits per heavy atom. The van der Waals surface area contributed by atoms with Crippen LogP contribution in [0.25, 0.3) is 0 Å². The number of carbonyl (C=O) groups excluding carboxylic acids is 1. The highest BCUT2D eigenvalue weighted by Crippen LogP contribution is 2.39. The van der Waals surface area contributed by atoms with E-state index >= 15 is 0 Å². The van der Waals surface area contributed by atoms with Crippen LogP contribution in [0.4, 0.5) is 0 Å². The number of nitrogens with one attached hydrogen (secondary N) is 2. The molecule has 0 spiro atoms. The summed E-state index contributed by atoms with van der Waals surface area (Å²) in [5.74, 6) is 2.08. The van der Waals surface area contributed by atoms with Crippen LogP contribution < -0.4 is 5.32 Å². The molecule has 2 fully saturated rings. The Balaban J connectivity index is 1.67. The molecule has 0 unspecified atom stereocenters. The Hall–Kier alpha value is -1.39. The van der Waals surface area contributed by atoms with Gasteiger partial charge in [-0.2, -0.15) is 0 Å². The molecule has 1 aromatic heterocycles. The van der Waals surface area contributed by atoms with Crippen LogP contribution in [0.1, 0.15) is 61.9 Å². The van der Waals surface area contributed by atoms with E-state index in [2.05, 4.69) is 34.3 Å². The van der Waals surface area contributed by atoms with E-state index in [0.29, 0.717) is 11.8 Å². The van der Waals surface area contributed by atoms with Gasteiger partial charge in [0.05, 0.1) is 0 Å². The van der Waals surface area contributed by atoms with Gasteiger partial charge in [-0.3, -0.25) is 9.89 Å². The first-order chi connectivity index (χ1) is 8.06. The SMILES string of the molecule is CC(C)(NC(=O)c1n[nH]c(C2CC2)n1)C1CC1. The summed E-state index contributed by atoms with van der Waals surface area (Å²) >= 11 is 0. The first-order valence-corrected chi connectivity index (χ1v) is 6.31. The lowest BCUT2D eigenvalue weighted by Crippen LogP contribution is -2.45. The summed E-state index contributed by atoms with van der Waals surface area (Å²) in [5, 5.41) is 9.87. The molecule has 0 aliphatic heterocycles. The van der Waals surface area contributed by atoms with Crippen LogP contribution in [0.3, 0.4) is 0 Å². The van der Waals surface area contributed by atoms with Crippen molar-refractivity contribution < 1.29 is 4.79 Å². The van der Waals surface area contributed by atoms with E-state index < -0.39 is 0 Å². The molecule has 2 aliphatic rings. The molecule has 0 radical (unpaired) electrons. The second kappa shape index (κ2) is 3.55. The molecule has 17 heavy (non-hydrogen) atoms. The molecule has 1 heterocycles. The van der Waals surface area contributed by atoms with Crippen molar-refractivity contribution in [2.45, 2.75) is 51.0 Å². The highest BCUT2D eigenvalue weighted by Gasteiger charge is 2.39. The van der Waals surface area contributed by atoms with E-state index in [1.165, 1.54) is 12.8 Å². The summed E-state index contributed by atoms with van der Waals surface area (Å²) < 4.78 is 0. The highest BCUT2D eigenvalue weighted by molar-refractivity contribution is 5.90. The standard InChI is InChI=1S/C12H18N4O/c1-12(2,8-5-6-8)14-11(17)10-13-9(15-16-10)7-3-4-7/h7-8H,3-6H2,1-2H3,(H,14,17)(H,13,15,16). The van der Waals surface area contributed by atoms with E-state index in [1.54, 1.807) is 0 Å². The summed E-state index contributed by atoms with van der Waals surface area (Å²) in [5.41, 5.74) is -0.141. The van der Waals surface area contributed by atoms with Crippen LogP contribution in [0, 0.1) is 5.92 Å². The lowest BCUT2D eigenvalue weighted by molar-refractivity contribution is 0.0893. The third-order valence-corrected chi connectivity index (χ3v) is 3.70. The van der Waals surface area contributed by atoms with Crippen LogP contribution in [0.15, 0.2) is 0 Å². The molecule has 0 atom stereocenters. The molecule has 5 heteroatoms. The number of carbonyl (C=O) groups is 1. The first kappa shape index (κ1) is 10.7. The Morgan fingerprint density at radius 2 is 2.06 bits per heavy atom. The predicted molar refractivity (Wildman–Crippen MR) is 62.6 cm³/mol. The van der Waals surface area contributed by atoms with Gasteiger partial charge in [0.15, 0.2) is 0 Å². The van der Waals surface area contributed by atoms with Crippen molar-refractivity contribution >= 4 is 5.91 Å². The molecule has 3 rings (SSSR count). The number of nitrogens with zero attached hydrogens (tertiary/aromatic N) is 2. The molecule has 5 nitrogen and oxygen atoms in total. The van der Waals surface area contributed by atoms with Gasteiger partial charge >= 0.3 is 0 Å². The summed E-state index contributed by atoms with van der Waals surface area (Å²) in [4.78, 5) is 16.3. The van der Waals surface area contributed by atoms with E-state index in [1.807, 2.05) is 0 Å². The van der Waals surface area contributed by atoms with Gasteiger partial charge < -0.3 is 5.32 Å². The van der Waals surface area contributed by atoms with E-state index in [-0.39, 0.29) is 17.3 Å². The minimum atomic E-state index is -0.162. The van der Waals surface area contributed by atoms with Crippen LogP contribution in [-0.2, 0) is 0 Å². The van der Waals surface area contributed by atoms with Gasteiger partial charge in [-0.15, -0.1) is 5.10 Å². The van der Waals surface area contributed by atoms with Crippen molar-refractivity contribution in [1.29, 1.82) is 0 Å². The highest BCUT2D eigenvalue weighted by atomic mass is 16.2. The Morgan fingerprint density at radius 3 is 2.65 bits per heavy atom. The van der Waals surface area contributed by atoms with Gasteiger partial charge in [0.1, 0.15) is 5.82 Å². The molecule has 0 bridgehead atoms. The zero-order valence-electron chi connectivity index (χ0n) is 10.3. The number of H-pyrrole nitrogens is 1. The summed E-state index contributed by atoms with van der Waals surface area (Å²) in [6, 6.07) is 0. The molecule has 92 valence electrons. The number of rotatable bonds is 4. The predicted octanol–water partition coefficient (Wildman–Crippen LogP) is 1.60. The normalized spacial score (nSPS) is 20.4. The number of hydrogen-bond donors (Lipinski definition) is 2. The van der Waals surface area contributed by atoms with E-state index in [4.69, 9.17) is 0 Å². The molecular weight excluding hydrogens is 216 g/mol. The van der Waals surface area contributed by atoms with Gasteiger partial charge in [-0.25, -0.2) is 4.98 Å². The summed E-state index contributed by atoms with van der Waals surface area (Å²) in [6.07, 6.45) is 4.72. The van der Waals surface area contributed by atoms with E-state index in [9.17, 15) is 4.79 Å². The van der Waals surface area contributed by atoms with Gasteiger partial charge in [-0.05, 0) is 45.4 Å². The molecular formula is C12H18N4O. The first-order valence-electron chi connectivity index (χ1n) is 6.31. The third kappa shape index (κ3) is 2.18. The molecule has 2 saturated carbocycles. The fourth-order valence-corrected chi connectivity index (χ4v) is 2.17. The zero-order chi connectivity index (χ0) is 12.0. The fraction of sp³-hybridized carbons (Fsp3) is 0.750. The maximum Gasteiger partial charge on any atom is 0.291 e. The number of aromatic amines is 1. The molecule has 1 aromatic rings. The molecule has 1 amide bonds. The average molecular weight is 234 g/mol. The van der Waals surface area contributed by atoms with Crippen LogP contribution in [-0.4, -0.2) is 26.6 Å². The van der Waals surface area contributed by atoms with Gasteiger partial charge in [0.2, 0.25) is 5.82 Å². The quantitative estimate of drug-likeness (QED) is 0.831. The van der Waals surface area contributed by atoms with Crippen molar-refractivity contribution in [3.8, 4) is 0 Å². The summed E-state index contributed by atoms with van der Waals surface area (Å²) in [7, 11) is 0. The van der Waals surface area contributed by atoms with Crippen LogP contribution >= 0.6 is 0 Å². The van der Waals surface area contributed by atoms with Gasteiger partial charge in [0.25, 0.3) is 5.91 Å². The number of amides is 1. The van der Waals surface area contributed by atoms with Crippen molar-refractivity contribution in [3.05, 3.63) is 11.6 Å². The minimum absolute atomic E-state index is 0.141. The smallest absolute Gasteiger partial charge is 0.291 e. The van der Waals surface area contributed by atoms with Crippen LogP contribution in [0.2, 0.25) is 0 Å². The monoisotopic (exact) mass is 234 g/mol. The molecule has 0 saturated heterocycles. The zero-order valence-corrected chi connectivity index (χ0v) is 10.3. The van der Waals surface area contributed by atoms with E-state index in [0.717, 1.165) is 18.7 Å². The van der Waals surface area contributed by atoms with Crippen LogP contribution in [0.5, 0.6) is 0 Å². The van der Waals surface area contributed by atoms with Crippen molar-refractivity contribution in [3.63, 3.8) is 0 Å². The molecule has 2 N–H and O–H groups in total. The van der Waals surface area contributed by atoms with Crippen molar-refractivity contribution in [2.75, 3.05) is 0 Å². The second-order valence-corrected chi connectivity index (χ2v) is 5.77. The number of aromatic nitrogens is 3. The lowest BCUT2D eigenvalue weighted by atomic mass is 9.99. The summed E-state index contributed by atoms with van der Waals surface area (Å²) in [6.45, 7) is 4.13. The molecule has 0 aromatic carbocycles. The number of hydrogen-bond acceptors (Lipinski definition) is 3. The van der Waals surface area contributed by atoms with Gasteiger partial charge in [0, 0.05) is 11.5 Å². The maximum atomic E-state index is 12.0. The Bertz CT molecular complexity index is 443. The third-order valence-electron chi connectivity index (χ3n) is 3.70. The largest absolute Gasteiger partial charge is 0.344 e. The Labute approximate surface area is 100 Å². The van der Waals surface area contributed by atoms with Gasteiger partial charge in [-0.1, -0.05) is 0 Å². The van der Waals surface area contributed by atoms with Crippen molar-refractivity contribution in [1.82, 2.24) is 20.5 Å². The topological polar surface area (TPSA) is 70.7 Å². The maximum absolute atomic E-state index is 12.0. The average Bonchev–Trinajstić information content (AvgIpc) is 3.14. The molecule has 2 aliphatic carbocycles. The lowest BCUT2D eigenvalue weighted by Gasteiger charge is -2.25.